The highest BCUT2D eigenvalue weighted by Crippen LogP contribution is 1.90. The van der Waals surface area contributed by atoms with E-state index in [1.807, 2.05) is 13.8 Å². The maximum absolute atomic E-state index is 10.8. The number of halogens is 1. The van der Waals surface area contributed by atoms with Gasteiger partial charge in [0.2, 0.25) is 5.91 Å². The quantitative estimate of drug-likeness (QED) is 0.626. The van der Waals surface area contributed by atoms with Gasteiger partial charge in [0.05, 0.1) is 0 Å². The maximum atomic E-state index is 10.8. The van der Waals surface area contributed by atoms with E-state index < -0.39 is 0 Å². The molecule has 0 rings (SSSR count). The van der Waals surface area contributed by atoms with Crippen LogP contribution in [0.5, 0.6) is 0 Å². The monoisotopic (exact) mass is 163 g/mol. The lowest BCUT2D eigenvalue weighted by atomic mass is 10.2. The molecule has 0 aromatic carbocycles. The first-order valence-corrected chi connectivity index (χ1v) is 4.09. The molecule has 0 heterocycles. The van der Waals surface area contributed by atoms with Crippen molar-refractivity contribution < 1.29 is 4.79 Å². The molecule has 2 nitrogen and oxygen atoms in total. The van der Waals surface area contributed by atoms with Crippen molar-refractivity contribution in [2.24, 2.45) is 0 Å². The second-order valence-corrected chi connectivity index (χ2v) is 2.69. The first kappa shape index (κ1) is 9.76. The highest BCUT2D eigenvalue weighted by Gasteiger charge is 2.02. The van der Waals surface area contributed by atoms with Gasteiger partial charge in [0.1, 0.15) is 0 Å². The van der Waals surface area contributed by atoms with E-state index in [-0.39, 0.29) is 11.9 Å². The van der Waals surface area contributed by atoms with Crippen LogP contribution in [0.1, 0.15) is 26.7 Å². The molecule has 3 heteroatoms. The molecule has 0 aromatic rings. The van der Waals surface area contributed by atoms with Crippen LogP contribution in [0.25, 0.3) is 0 Å². The Labute approximate surface area is 66.9 Å². The fourth-order valence-corrected chi connectivity index (χ4v) is 0.707. The maximum Gasteiger partial charge on any atom is 0.221 e. The van der Waals surface area contributed by atoms with E-state index in [4.69, 9.17) is 11.6 Å². The molecular weight excluding hydrogens is 150 g/mol. The molecule has 0 aliphatic heterocycles. The van der Waals surface area contributed by atoms with Crippen molar-refractivity contribution in [3.63, 3.8) is 0 Å². The third kappa shape index (κ3) is 4.62. The van der Waals surface area contributed by atoms with Crippen LogP contribution in [0.2, 0.25) is 0 Å². The Morgan fingerprint density at radius 3 is 2.70 bits per heavy atom. The Kier molecular flexibility index (Phi) is 5.40. The van der Waals surface area contributed by atoms with Crippen molar-refractivity contribution >= 4 is 17.5 Å². The van der Waals surface area contributed by atoms with Crippen LogP contribution in [0.4, 0.5) is 0 Å². The first-order valence-electron chi connectivity index (χ1n) is 3.56. The summed E-state index contributed by atoms with van der Waals surface area (Å²) in [5.41, 5.74) is 0. The van der Waals surface area contributed by atoms with E-state index in [1.165, 1.54) is 0 Å². The number of alkyl halides is 1. The van der Waals surface area contributed by atoms with Crippen molar-refractivity contribution in [2.75, 3.05) is 5.88 Å². The Balaban J connectivity index is 3.37. The van der Waals surface area contributed by atoms with Crippen LogP contribution in [-0.2, 0) is 4.79 Å². The largest absolute Gasteiger partial charge is 0.354 e. The second-order valence-electron chi connectivity index (χ2n) is 2.32. The van der Waals surface area contributed by atoms with Gasteiger partial charge in [-0.05, 0) is 13.3 Å². The standard InChI is InChI=1S/C7H14ClNO/c1-3-6(2)9-7(10)4-5-8/h6H,3-5H2,1-2H3,(H,9,10)/t6-/m0/s1. The molecule has 0 spiro atoms. The Bertz CT molecular complexity index is 106. The number of carbonyl (C=O) groups excluding carboxylic acids is 1. The molecule has 0 aromatic heterocycles. The number of nitrogens with one attached hydrogen (secondary N) is 1. The van der Waals surface area contributed by atoms with Crippen LogP contribution in [-0.4, -0.2) is 17.8 Å². The van der Waals surface area contributed by atoms with Crippen molar-refractivity contribution in [1.82, 2.24) is 5.32 Å². The van der Waals surface area contributed by atoms with Gasteiger partial charge in [-0.3, -0.25) is 4.79 Å². The van der Waals surface area contributed by atoms with Gasteiger partial charge >= 0.3 is 0 Å². The molecule has 0 unspecified atom stereocenters. The van der Waals surface area contributed by atoms with Crippen LogP contribution in [0, 0.1) is 0 Å². The summed E-state index contributed by atoms with van der Waals surface area (Å²) in [6.45, 7) is 4.01. The summed E-state index contributed by atoms with van der Waals surface area (Å²) in [5.74, 6) is 0.451. The predicted octanol–water partition coefficient (Wildman–Crippen LogP) is 1.53. The summed E-state index contributed by atoms with van der Waals surface area (Å²) in [5, 5.41) is 2.81. The first-order chi connectivity index (χ1) is 4.70. The lowest BCUT2D eigenvalue weighted by molar-refractivity contribution is -0.121. The second kappa shape index (κ2) is 5.54. The number of hydrogen-bond donors (Lipinski definition) is 1. The molecule has 0 fully saturated rings. The summed E-state index contributed by atoms with van der Waals surface area (Å²) >= 11 is 5.36. The minimum atomic E-state index is 0.0457. The predicted molar refractivity (Wildman–Crippen MR) is 43.2 cm³/mol. The Morgan fingerprint density at radius 2 is 2.30 bits per heavy atom. The molecular formula is C7H14ClNO. The van der Waals surface area contributed by atoms with Gasteiger partial charge < -0.3 is 5.32 Å². The van der Waals surface area contributed by atoms with E-state index in [2.05, 4.69) is 5.32 Å². The zero-order valence-electron chi connectivity index (χ0n) is 6.48. The molecule has 0 radical (unpaired) electrons. The molecule has 0 bridgehead atoms. The molecule has 60 valence electrons. The van der Waals surface area contributed by atoms with Crippen molar-refractivity contribution in [2.45, 2.75) is 32.7 Å². The molecule has 0 saturated carbocycles. The van der Waals surface area contributed by atoms with Crippen molar-refractivity contribution in [3.8, 4) is 0 Å². The lowest BCUT2D eigenvalue weighted by Crippen LogP contribution is -2.31. The third-order valence-electron chi connectivity index (χ3n) is 1.34. The van der Waals surface area contributed by atoms with Gasteiger partial charge in [-0.25, -0.2) is 0 Å². The minimum Gasteiger partial charge on any atom is -0.354 e. The van der Waals surface area contributed by atoms with Gasteiger partial charge in [0.25, 0.3) is 0 Å². The smallest absolute Gasteiger partial charge is 0.221 e. The molecule has 0 aliphatic rings. The number of amides is 1. The fourth-order valence-electron chi connectivity index (χ4n) is 0.535. The number of hydrogen-bond acceptors (Lipinski definition) is 1. The average molecular weight is 164 g/mol. The molecule has 1 amide bonds. The van der Waals surface area contributed by atoms with Gasteiger partial charge in [0.15, 0.2) is 0 Å². The SMILES string of the molecule is CC[C@H](C)NC(=O)CCCl. The fraction of sp³-hybridized carbons (Fsp3) is 0.857. The molecule has 10 heavy (non-hydrogen) atoms. The van der Waals surface area contributed by atoms with Crippen molar-refractivity contribution in [3.05, 3.63) is 0 Å². The Morgan fingerprint density at radius 1 is 1.70 bits per heavy atom. The summed E-state index contributed by atoms with van der Waals surface area (Å²) in [4.78, 5) is 10.8. The lowest BCUT2D eigenvalue weighted by Gasteiger charge is -2.09. The van der Waals surface area contributed by atoms with E-state index in [9.17, 15) is 4.79 Å². The van der Waals surface area contributed by atoms with E-state index in [0.717, 1.165) is 6.42 Å². The van der Waals surface area contributed by atoms with E-state index in [0.29, 0.717) is 12.3 Å². The summed E-state index contributed by atoms with van der Waals surface area (Å²) in [6, 6.07) is 0.274. The normalized spacial score (nSPS) is 12.7. The van der Waals surface area contributed by atoms with Crippen LogP contribution in [0.15, 0.2) is 0 Å². The summed E-state index contributed by atoms with van der Waals surface area (Å²) in [7, 11) is 0. The zero-order valence-corrected chi connectivity index (χ0v) is 7.24. The highest BCUT2D eigenvalue weighted by atomic mass is 35.5. The number of carbonyl (C=O) groups is 1. The average Bonchev–Trinajstić information content (AvgIpc) is 1.88. The minimum absolute atomic E-state index is 0.0457. The Hall–Kier alpha value is -0.240. The van der Waals surface area contributed by atoms with Crippen LogP contribution < -0.4 is 5.32 Å². The number of rotatable bonds is 4. The van der Waals surface area contributed by atoms with Crippen LogP contribution in [0.3, 0.4) is 0 Å². The highest BCUT2D eigenvalue weighted by molar-refractivity contribution is 6.18. The zero-order chi connectivity index (χ0) is 7.98. The van der Waals surface area contributed by atoms with Gasteiger partial charge in [-0.15, -0.1) is 11.6 Å². The third-order valence-corrected chi connectivity index (χ3v) is 1.53. The van der Waals surface area contributed by atoms with Gasteiger partial charge in [-0.2, -0.15) is 0 Å². The van der Waals surface area contributed by atoms with E-state index in [1.54, 1.807) is 0 Å². The van der Waals surface area contributed by atoms with Crippen LogP contribution >= 0.6 is 11.6 Å². The molecule has 1 N–H and O–H groups in total. The van der Waals surface area contributed by atoms with E-state index >= 15 is 0 Å². The summed E-state index contributed by atoms with van der Waals surface area (Å²) < 4.78 is 0. The van der Waals surface area contributed by atoms with Crippen molar-refractivity contribution in [1.29, 1.82) is 0 Å². The van der Waals surface area contributed by atoms with Gasteiger partial charge in [-0.1, -0.05) is 6.92 Å². The topological polar surface area (TPSA) is 29.1 Å². The summed E-state index contributed by atoms with van der Waals surface area (Å²) in [6.07, 6.45) is 1.39. The van der Waals surface area contributed by atoms with Gasteiger partial charge in [0, 0.05) is 18.3 Å². The molecule has 0 saturated heterocycles. The molecule has 1 atom stereocenters. The molecule has 0 aliphatic carbocycles.